The van der Waals surface area contributed by atoms with E-state index in [1.54, 1.807) is 4.90 Å². The van der Waals surface area contributed by atoms with Crippen molar-refractivity contribution in [3.8, 4) is 0 Å². The van der Waals surface area contributed by atoms with Crippen molar-refractivity contribution in [3.05, 3.63) is 65.7 Å². The summed E-state index contributed by atoms with van der Waals surface area (Å²) in [6, 6.07) is 13.8. The van der Waals surface area contributed by atoms with Crippen molar-refractivity contribution in [1.29, 1.82) is 0 Å². The quantitative estimate of drug-likeness (QED) is 0.714. The van der Waals surface area contributed by atoms with Gasteiger partial charge in [0.2, 0.25) is 0 Å². The van der Waals surface area contributed by atoms with Crippen LogP contribution in [0.2, 0.25) is 0 Å². The smallest absolute Gasteiger partial charge is 0.149 e. The Balaban J connectivity index is 1.90. The number of para-hydroxylation sites is 1. The van der Waals surface area contributed by atoms with Gasteiger partial charge in [-0.15, -0.1) is 0 Å². The molecule has 0 saturated carbocycles. The SMILES string of the molecule is Fc1cccc(F)c1N1C[C@@H]1c1ccccc1. The van der Waals surface area contributed by atoms with Gasteiger partial charge in [-0.1, -0.05) is 36.4 Å². The summed E-state index contributed by atoms with van der Waals surface area (Å²) in [6.45, 7) is 0.669. The van der Waals surface area contributed by atoms with Crippen LogP contribution in [-0.2, 0) is 0 Å². The highest BCUT2D eigenvalue weighted by atomic mass is 19.1. The predicted molar refractivity (Wildman–Crippen MR) is 62.9 cm³/mol. The van der Waals surface area contributed by atoms with Crippen molar-refractivity contribution in [1.82, 2.24) is 0 Å². The molecule has 0 unspecified atom stereocenters. The third kappa shape index (κ3) is 1.78. The molecule has 0 amide bonds. The molecule has 0 aromatic heterocycles. The fourth-order valence-electron chi connectivity index (χ4n) is 2.11. The minimum absolute atomic E-state index is 0.0846. The molecule has 1 atom stereocenters. The van der Waals surface area contributed by atoms with E-state index in [0.29, 0.717) is 6.54 Å². The zero-order valence-corrected chi connectivity index (χ0v) is 9.11. The van der Waals surface area contributed by atoms with Crippen LogP contribution in [0, 0.1) is 11.6 Å². The summed E-state index contributed by atoms with van der Waals surface area (Å²) in [4.78, 5) is 1.74. The minimum Gasteiger partial charge on any atom is -0.356 e. The molecule has 17 heavy (non-hydrogen) atoms. The Morgan fingerprint density at radius 3 is 2.18 bits per heavy atom. The van der Waals surface area contributed by atoms with E-state index in [1.807, 2.05) is 30.3 Å². The Labute approximate surface area is 98.3 Å². The number of hydrogen-bond donors (Lipinski definition) is 0. The molecule has 1 heterocycles. The zero-order chi connectivity index (χ0) is 11.8. The van der Waals surface area contributed by atoms with Crippen LogP contribution in [0.3, 0.4) is 0 Å². The van der Waals surface area contributed by atoms with Crippen LogP contribution in [0.1, 0.15) is 11.6 Å². The maximum absolute atomic E-state index is 13.5. The summed E-state index contributed by atoms with van der Waals surface area (Å²) in [6.07, 6.45) is 0. The molecule has 3 rings (SSSR count). The molecule has 1 saturated heterocycles. The standard InChI is InChI=1S/C14H11F2N/c15-11-7-4-8-12(16)14(11)17-9-13(17)10-5-2-1-3-6-10/h1-8,13H,9H2/t13-,17?/m1/s1. The maximum atomic E-state index is 13.5. The number of benzene rings is 2. The van der Waals surface area contributed by atoms with Gasteiger partial charge in [0.1, 0.15) is 17.3 Å². The monoisotopic (exact) mass is 231 g/mol. The van der Waals surface area contributed by atoms with Crippen molar-refractivity contribution < 1.29 is 8.78 Å². The minimum atomic E-state index is -0.497. The van der Waals surface area contributed by atoms with Crippen molar-refractivity contribution in [2.45, 2.75) is 6.04 Å². The highest BCUT2D eigenvalue weighted by molar-refractivity contribution is 5.58. The first-order valence-corrected chi connectivity index (χ1v) is 5.53. The summed E-state index contributed by atoms with van der Waals surface area (Å²) in [5.74, 6) is -0.994. The number of rotatable bonds is 2. The molecule has 1 aliphatic rings. The first-order valence-electron chi connectivity index (χ1n) is 5.53. The molecular weight excluding hydrogens is 220 g/mol. The van der Waals surface area contributed by atoms with Gasteiger partial charge in [-0.3, -0.25) is 0 Å². The van der Waals surface area contributed by atoms with Gasteiger partial charge in [0.15, 0.2) is 0 Å². The molecule has 3 heteroatoms. The van der Waals surface area contributed by atoms with E-state index in [4.69, 9.17) is 0 Å². The maximum Gasteiger partial charge on any atom is 0.149 e. The van der Waals surface area contributed by atoms with Crippen LogP contribution in [0.15, 0.2) is 48.5 Å². The Kier molecular flexibility index (Phi) is 2.32. The summed E-state index contributed by atoms with van der Waals surface area (Å²) in [5, 5.41) is 0. The van der Waals surface area contributed by atoms with E-state index in [1.165, 1.54) is 18.2 Å². The van der Waals surface area contributed by atoms with E-state index in [-0.39, 0.29) is 11.7 Å². The van der Waals surface area contributed by atoms with Gasteiger partial charge in [-0.2, -0.15) is 0 Å². The second-order valence-corrected chi connectivity index (χ2v) is 4.15. The average molecular weight is 231 g/mol. The van der Waals surface area contributed by atoms with Crippen LogP contribution >= 0.6 is 0 Å². The van der Waals surface area contributed by atoms with Gasteiger partial charge < -0.3 is 4.90 Å². The summed E-state index contributed by atoms with van der Waals surface area (Å²) < 4.78 is 27.1. The third-order valence-electron chi connectivity index (χ3n) is 3.02. The molecule has 2 aromatic rings. The van der Waals surface area contributed by atoms with Gasteiger partial charge in [0.25, 0.3) is 0 Å². The van der Waals surface area contributed by atoms with Crippen LogP contribution in [-0.4, -0.2) is 6.54 Å². The molecule has 86 valence electrons. The Morgan fingerprint density at radius 2 is 1.53 bits per heavy atom. The van der Waals surface area contributed by atoms with Gasteiger partial charge in [-0.25, -0.2) is 8.78 Å². The number of halogens is 2. The molecule has 0 spiro atoms. The van der Waals surface area contributed by atoms with Crippen LogP contribution in [0.4, 0.5) is 14.5 Å². The average Bonchev–Trinajstić information content (AvgIpc) is 3.10. The number of nitrogens with zero attached hydrogens (tertiary/aromatic N) is 1. The van der Waals surface area contributed by atoms with Crippen molar-refractivity contribution in [2.75, 3.05) is 11.4 Å². The predicted octanol–water partition coefficient (Wildman–Crippen LogP) is 3.53. The van der Waals surface area contributed by atoms with Crippen LogP contribution in [0.5, 0.6) is 0 Å². The molecule has 1 fully saturated rings. The Hall–Kier alpha value is -1.90. The molecule has 0 N–H and O–H groups in total. The third-order valence-corrected chi connectivity index (χ3v) is 3.02. The fraction of sp³-hybridized carbons (Fsp3) is 0.143. The molecule has 1 aliphatic heterocycles. The van der Waals surface area contributed by atoms with Gasteiger partial charge in [-0.05, 0) is 17.7 Å². The summed E-state index contributed by atoms with van der Waals surface area (Å²) in [7, 11) is 0. The number of anilines is 1. The highest BCUT2D eigenvalue weighted by Crippen LogP contribution is 2.41. The first-order chi connectivity index (χ1) is 8.27. The Morgan fingerprint density at radius 1 is 0.882 bits per heavy atom. The lowest BCUT2D eigenvalue weighted by atomic mass is 10.1. The highest BCUT2D eigenvalue weighted by Gasteiger charge is 2.38. The number of hydrogen-bond acceptors (Lipinski definition) is 1. The van der Waals surface area contributed by atoms with Crippen molar-refractivity contribution >= 4 is 5.69 Å². The normalized spacial score (nSPS) is 18.2. The van der Waals surface area contributed by atoms with E-state index in [2.05, 4.69) is 0 Å². The largest absolute Gasteiger partial charge is 0.356 e. The lowest BCUT2D eigenvalue weighted by Crippen LogP contribution is -2.00. The van der Waals surface area contributed by atoms with Crippen molar-refractivity contribution in [3.63, 3.8) is 0 Å². The molecule has 1 nitrogen and oxygen atoms in total. The lowest BCUT2D eigenvalue weighted by Gasteiger charge is -2.08. The van der Waals surface area contributed by atoms with E-state index < -0.39 is 11.6 Å². The van der Waals surface area contributed by atoms with E-state index >= 15 is 0 Å². The summed E-state index contributed by atoms with van der Waals surface area (Å²) in [5.41, 5.74) is 1.18. The van der Waals surface area contributed by atoms with Crippen LogP contribution < -0.4 is 4.90 Å². The van der Waals surface area contributed by atoms with Crippen molar-refractivity contribution in [2.24, 2.45) is 0 Å². The van der Waals surface area contributed by atoms with Gasteiger partial charge >= 0.3 is 0 Å². The molecule has 2 aromatic carbocycles. The Bertz CT molecular complexity index is 519. The molecule has 0 bridgehead atoms. The second kappa shape index (κ2) is 3.84. The zero-order valence-electron chi connectivity index (χ0n) is 9.11. The van der Waals surface area contributed by atoms with Gasteiger partial charge in [0.05, 0.1) is 6.04 Å². The molecule has 0 radical (unpaired) electrons. The molecular formula is C14H11F2N. The van der Waals surface area contributed by atoms with E-state index in [0.717, 1.165) is 5.56 Å². The van der Waals surface area contributed by atoms with Gasteiger partial charge in [0, 0.05) is 6.54 Å². The molecule has 0 aliphatic carbocycles. The van der Waals surface area contributed by atoms with E-state index in [9.17, 15) is 8.78 Å². The lowest BCUT2D eigenvalue weighted by molar-refractivity contribution is 0.585. The summed E-state index contributed by atoms with van der Waals surface area (Å²) >= 11 is 0. The fourth-order valence-corrected chi connectivity index (χ4v) is 2.11. The second-order valence-electron chi connectivity index (χ2n) is 4.15. The first kappa shape index (κ1) is 10.3. The topological polar surface area (TPSA) is 3.01 Å². The van der Waals surface area contributed by atoms with Crippen LogP contribution in [0.25, 0.3) is 0 Å².